The number of rotatable bonds is 3. The van der Waals surface area contributed by atoms with Gasteiger partial charge in [-0.3, -0.25) is 14.5 Å². The van der Waals surface area contributed by atoms with Crippen molar-refractivity contribution in [1.29, 1.82) is 0 Å². The molecule has 2 aliphatic rings. The molecule has 100 valence electrons. The summed E-state index contributed by atoms with van der Waals surface area (Å²) in [6.07, 6.45) is 5.15. The standard InChI is InChI=1S/C15H17NO2S/c1-19-9-10-6-7-11(8-10)16-14(17)12-4-2-3-5-13(12)15(16)18/h2-5,10-11H,6-9H2,1H3. The first kappa shape index (κ1) is 12.7. The average Bonchev–Trinajstić information content (AvgIpc) is 2.96. The summed E-state index contributed by atoms with van der Waals surface area (Å²) in [5.41, 5.74) is 1.14. The Hall–Kier alpha value is -1.29. The van der Waals surface area contributed by atoms with Gasteiger partial charge >= 0.3 is 0 Å². The molecule has 0 N–H and O–H groups in total. The highest BCUT2D eigenvalue weighted by molar-refractivity contribution is 7.98. The Labute approximate surface area is 117 Å². The molecule has 3 nitrogen and oxygen atoms in total. The molecule has 1 aromatic carbocycles. The van der Waals surface area contributed by atoms with Crippen LogP contribution in [0.15, 0.2) is 24.3 Å². The van der Waals surface area contributed by atoms with Gasteiger partial charge in [-0.15, -0.1) is 0 Å². The highest BCUT2D eigenvalue weighted by atomic mass is 32.2. The van der Waals surface area contributed by atoms with Crippen molar-refractivity contribution in [3.05, 3.63) is 35.4 Å². The summed E-state index contributed by atoms with van der Waals surface area (Å²) in [5, 5.41) is 0. The lowest BCUT2D eigenvalue weighted by molar-refractivity contribution is 0.0585. The Balaban J connectivity index is 1.81. The van der Waals surface area contributed by atoms with E-state index < -0.39 is 0 Å². The zero-order chi connectivity index (χ0) is 13.4. The van der Waals surface area contributed by atoms with Crippen LogP contribution in [0.3, 0.4) is 0 Å². The van der Waals surface area contributed by atoms with Gasteiger partial charge in [0.15, 0.2) is 0 Å². The molecule has 1 heterocycles. The lowest BCUT2D eigenvalue weighted by Gasteiger charge is -2.22. The van der Waals surface area contributed by atoms with Gasteiger partial charge in [0.1, 0.15) is 0 Å². The van der Waals surface area contributed by atoms with Crippen LogP contribution in [-0.2, 0) is 0 Å². The highest BCUT2D eigenvalue weighted by Crippen LogP contribution is 2.35. The molecule has 1 aromatic rings. The van der Waals surface area contributed by atoms with Gasteiger partial charge in [-0.05, 0) is 49.3 Å². The average molecular weight is 275 g/mol. The van der Waals surface area contributed by atoms with Crippen molar-refractivity contribution in [3.8, 4) is 0 Å². The van der Waals surface area contributed by atoms with Gasteiger partial charge in [0.25, 0.3) is 11.8 Å². The molecule has 1 aliphatic heterocycles. The maximum atomic E-state index is 12.4. The number of hydrogen-bond donors (Lipinski definition) is 0. The topological polar surface area (TPSA) is 37.4 Å². The van der Waals surface area contributed by atoms with Crippen LogP contribution in [0.5, 0.6) is 0 Å². The SMILES string of the molecule is CSCC1CCC(N2C(=O)c3ccccc3C2=O)C1. The molecule has 4 heteroatoms. The predicted molar refractivity (Wildman–Crippen MR) is 76.5 cm³/mol. The maximum absolute atomic E-state index is 12.4. The van der Waals surface area contributed by atoms with Gasteiger partial charge in [0, 0.05) is 6.04 Å². The lowest BCUT2D eigenvalue weighted by Crippen LogP contribution is -2.38. The Morgan fingerprint density at radius 3 is 2.37 bits per heavy atom. The van der Waals surface area contributed by atoms with E-state index in [-0.39, 0.29) is 17.9 Å². The van der Waals surface area contributed by atoms with E-state index in [1.165, 1.54) is 4.90 Å². The number of thioether (sulfide) groups is 1. The number of hydrogen-bond acceptors (Lipinski definition) is 3. The first-order chi connectivity index (χ1) is 9.22. The van der Waals surface area contributed by atoms with Crippen LogP contribution >= 0.6 is 11.8 Å². The normalized spacial score (nSPS) is 26.1. The van der Waals surface area contributed by atoms with E-state index in [0.717, 1.165) is 25.0 Å². The fourth-order valence-corrected chi connectivity index (χ4v) is 3.98. The molecule has 19 heavy (non-hydrogen) atoms. The molecule has 2 unspecified atom stereocenters. The van der Waals surface area contributed by atoms with Gasteiger partial charge in [-0.25, -0.2) is 0 Å². The summed E-state index contributed by atoms with van der Waals surface area (Å²) in [7, 11) is 0. The molecule has 3 rings (SSSR count). The quantitative estimate of drug-likeness (QED) is 0.796. The van der Waals surface area contributed by atoms with Crippen molar-refractivity contribution in [2.24, 2.45) is 5.92 Å². The second-order valence-corrected chi connectivity index (χ2v) is 6.22. The Kier molecular flexibility index (Phi) is 3.35. The van der Waals surface area contributed by atoms with E-state index in [4.69, 9.17) is 0 Å². The maximum Gasteiger partial charge on any atom is 0.261 e. The molecule has 2 atom stereocenters. The molecule has 1 saturated carbocycles. The molecule has 0 saturated heterocycles. The number of carbonyl (C=O) groups excluding carboxylic acids is 2. The smallest absolute Gasteiger partial charge is 0.261 e. The minimum absolute atomic E-state index is 0.101. The number of nitrogens with zero attached hydrogens (tertiary/aromatic N) is 1. The van der Waals surface area contributed by atoms with Gasteiger partial charge in [0.2, 0.25) is 0 Å². The molecule has 0 aromatic heterocycles. The first-order valence-electron chi connectivity index (χ1n) is 6.68. The predicted octanol–water partition coefficient (Wildman–Crippen LogP) is 2.81. The van der Waals surface area contributed by atoms with Crippen LogP contribution < -0.4 is 0 Å². The third kappa shape index (κ3) is 2.08. The summed E-state index contributed by atoms with van der Waals surface area (Å²) in [6.45, 7) is 0. The summed E-state index contributed by atoms with van der Waals surface area (Å²) < 4.78 is 0. The number of benzene rings is 1. The summed E-state index contributed by atoms with van der Waals surface area (Å²) in [5.74, 6) is 1.56. The number of carbonyl (C=O) groups is 2. The molecule has 1 fully saturated rings. The largest absolute Gasteiger partial charge is 0.271 e. The molecule has 0 bridgehead atoms. The van der Waals surface area contributed by atoms with Crippen LogP contribution in [0.1, 0.15) is 40.0 Å². The van der Waals surface area contributed by atoms with E-state index in [1.807, 2.05) is 23.9 Å². The van der Waals surface area contributed by atoms with Crippen LogP contribution in [0.25, 0.3) is 0 Å². The second-order valence-electron chi connectivity index (χ2n) is 5.31. The number of amides is 2. The Bertz CT molecular complexity index is 494. The molecule has 0 radical (unpaired) electrons. The van der Waals surface area contributed by atoms with Crippen molar-refractivity contribution in [1.82, 2.24) is 4.90 Å². The van der Waals surface area contributed by atoms with Gasteiger partial charge in [-0.1, -0.05) is 12.1 Å². The minimum Gasteiger partial charge on any atom is -0.271 e. The Morgan fingerprint density at radius 2 is 1.79 bits per heavy atom. The molecule has 2 amide bonds. The van der Waals surface area contributed by atoms with Gasteiger partial charge in [0.05, 0.1) is 11.1 Å². The fraction of sp³-hybridized carbons (Fsp3) is 0.467. The third-order valence-corrected chi connectivity index (χ3v) is 4.91. The van der Waals surface area contributed by atoms with Crippen LogP contribution in [0.4, 0.5) is 0 Å². The molecular formula is C15H17NO2S. The fourth-order valence-electron chi connectivity index (χ4n) is 3.21. The van der Waals surface area contributed by atoms with Gasteiger partial charge in [-0.2, -0.15) is 11.8 Å². The van der Waals surface area contributed by atoms with Crippen molar-refractivity contribution in [2.75, 3.05) is 12.0 Å². The monoisotopic (exact) mass is 275 g/mol. The third-order valence-electron chi connectivity index (χ3n) is 4.11. The summed E-state index contributed by atoms with van der Waals surface area (Å²) >= 11 is 1.84. The molecule has 1 aliphatic carbocycles. The Morgan fingerprint density at radius 1 is 1.16 bits per heavy atom. The van der Waals surface area contributed by atoms with Crippen LogP contribution in [0.2, 0.25) is 0 Å². The zero-order valence-corrected chi connectivity index (χ0v) is 11.8. The van der Waals surface area contributed by atoms with Gasteiger partial charge < -0.3 is 0 Å². The van der Waals surface area contributed by atoms with E-state index in [0.29, 0.717) is 17.0 Å². The van der Waals surface area contributed by atoms with Crippen molar-refractivity contribution in [2.45, 2.75) is 25.3 Å². The first-order valence-corrected chi connectivity index (χ1v) is 8.07. The van der Waals surface area contributed by atoms with Crippen LogP contribution in [-0.4, -0.2) is 34.8 Å². The number of fused-ring (bicyclic) bond motifs is 1. The van der Waals surface area contributed by atoms with Crippen molar-refractivity contribution < 1.29 is 9.59 Å². The van der Waals surface area contributed by atoms with E-state index in [1.54, 1.807) is 12.1 Å². The van der Waals surface area contributed by atoms with E-state index in [2.05, 4.69) is 6.26 Å². The van der Waals surface area contributed by atoms with E-state index >= 15 is 0 Å². The van der Waals surface area contributed by atoms with Crippen molar-refractivity contribution >= 4 is 23.6 Å². The minimum atomic E-state index is -0.101. The summed E-state index contributed by atoms with van der Waals surface area (Å²) in [6, 6.07) is 7.25. The lowest BCUT2D eigenvalue weighted by atomic mass is 10.1. The van der Waals surface area contributed by atoms with Crippen molar-refractivity contribution in [3.63, 3.8) is 0 Å². The molecular weight excluding hydrogens is 258 g/mol. The zero-order valence-electron chi connectivity index (χ0n) is 11.0. The van der Waals surface area contributed by atoms with Crippen LogP contribution in [0, 0.1) is 5.92 Å². The van der Waals surface area contributed by atoms with E-state index in [9.17, 15) is 9.59 Å². The molecule has 0 spiro atoms. The highest BCUT2D eigenvalue weighted by Gasteiger charge is 2.42. The second kappa shape index (κ2) is 5.00. The summed E-state index contributed by atoms with van der Waals surface area (Å²) in [4.78, 5) is 26.2. The number of imide groups is 1.